The Kier molecular flexibility index (Phi) is 6.29. The molecule has 1 rings (SSSR count). The SMILES string of the molecule is C=CCNC(=NC)NCc1ccc(OC)cc1OC. The molecule has 5 heteroatoms. The Labute approximate surface area is 114 Å². The molecule has 0 saturated carbocycles. The highest BCUT2D eigenvalue weighted by Gasteiger charge is 2.05. The fraction of sp³-hybridized carbons (Fsp3) is 0.357. The molecule has 1 aromatic rings. The van der Waals surface area contributed by atoms with E-state index in [0.29, 0.717) is 13.1 Å². The van der Waals surface area contributed by atoms with Gasteiger partial charge in [0.15, 0.2) is 5.96 Å². The second-order valence-corrected chi connectivity index (χ2v) is 3.77. The zero-order chi connectivity index (χ0) is 14.1. The second kappa shape index (κ2) is 8.02. The van der Waals surface area contributed by atoms with Crippen molar-refractivity contribution in [3.05, 3.63) is 36.4 Å². The molecule has 1 aromatic carbocycles. The van der Waals surface area contributed by atoms with Gasteiger partial charge in [-0.15, -0.1) is 6.58 Å². The summed E-state index contributed by atoms with van der Waals surface area (Å²) in [6.07, 6.45) is 1.78. The molecular weight excluding hydrogens is 242 g/mol. The van der Waals surface area contributed by atoms with Crippen molar-refractivity contribution in [2.45, 2.75) is 6.54 Å². The minimum Gasteiger partial charge on any atom is -0.497 e. The molecule has 0 unspecified atom stereocenters. The van der Waals surface area contributed by atoms with Crippen LogP contribution in [-0.2, 0) is 6.54 Å². The maximum Gasteiger partial charge on any atom is 0.191 e. The fourth-order valence-electron chi connectivity index (χ4n) is 1.57. The van der Waals surface area contributed by atoms with Crippen LogP contribution >= 0.6 is 0 Å². The van der Waals surface area contributed by atoms with Gasteiger partial charge in [0.25, 0.3) is 0 Å². The number of ether oxygens (including phenoxy) is 2. The van der Waals surface area contributed by atoms with Crippen molar-refractivity contribution in [2.24, 2.45) is 4.99 Å². The van der Waals surface area contributed by atoms with E-state index in [1.165, 1.54) is 0 Å². The largest absolute Gasteiger partial charge is 0.497 e. The van der Waals surface area contributed by atoms with Crippen LogP contribution in [0.5, 0.6) is 11.5 Å². The molecule has 0 aliphatic rings. The fourth-order valence-corrected chi connectivity index (χ4v) is 1.57. The van der Waals surface area contributed by atoms with Gasteiger partial charge in [-0.2, -0.15) is 0 Å². The zero-order valence-corrected chi connectivity index (χ0v) is 11.7. The molecule has 0 amide bonds. The number of nitrogens with one attached hydrogen (secondary N) is 2. The lowest BCUT2D eigenvalue weighted by Crippen LogP contribution is -2.36. The highest BCUT2D eigenvalue weighted by atomic mass is 16.5. The van der Waals surface area contributed by atoms with Crippen molar-refractivity contribution in [1.29, 1.82) is 0 Å². The molecule has 0 aromatic heterocycles. The van der Waals surface area contributed by atoms with Gasteiger partial charge < -0.3 is 20.1 Å². The molecule has 2 N–H and O–H groups in total. The Morgan fingerprint density at radius 1 is 1.32 bits per heavy atom. The first-order chi connectivity index (χ1) is 9.24. The molecule has 0 saturated heterocycles. The van der Waals surface area contributed by atoms with Gasteiger partial charge in [0.05, 0.1) is 14.2 Å². The van der Waals surface area contributed by atoms with Gasteiger partial charge in [0.1, 0.15) is 11.5 Å². The number of hydrogen-bond donors (Lipinski definition) is 2. The maximum absolute atomic E-state index is 5.34. The van der Waals surface area contributed by atoms with E-state index in [0.717, 1.165) is 23.0 Å². The topological polar surface area (TPSA) is 54.9 Å². The molecule has 0 radical (unpaired) electrons. The van der Waals surface area contributed by atoms with Crippen LogP contribution in [0.1, 0.15) is 5.56 Å². The Morgan fingerprint density at radius 2 is 2.11 bits per heavy atom. The van der Waals surface area contributed by atoms with Gasteiger partial charge in [-0.3, -0.25) is 4.99 Å². The van der Waals surface area contributed by atoms with E-state index in [1.54, 1.807) is 27.3 Å². The molecule has 0 bridgehead atoms. The minimum absolute atomic E-state index is 0.615. The third kappa shape index (κ3) is 4.54. The molecule has 0 atom stereocenters. The van der Waals surface area contributed by atoms with Crippen molar-refractivity contribution >= 4 is 5.96 Å². The summed E-state index contributed by atoms with van der Waals surface area (Å²) in [5.74, 6) is 2.28. The van der Waals surface area contributed by atoms with E-state index in [4.69, 9.17) is 9.47 Å². The highest BCUT2D eigenvalue weighted by molar-refractivity contribution is 5.79. The number of rotatable bonds is 6. The normalized spacial score (nSPS) is 10.8. The van der Waals surface area contributed by atoms with E-state index >= 15 is 0 Å². The number of guanidine groups is 1. The molecule has 0 aliphatic carbocycles. The van der Waals surface area contributed by atoms with Crippen LogP contribution in [0.15, 0.2) is 35.8 Å². The van der Waals surface area contributed by atoms with Gasteiger partial charge in [-0.25, -0.2) is 0 Å². The predicted octanol–water partition coefficient (Wildman–Crippen LogP) is 1.55. The number of aliphatic imine (C=N–C) groups is 1. The Balaban J connectivity index is 2.68. The van der Waals surface area contributed by atoms with E-state index in [9.17, 15) is 0 Å². The van der Waals surface area contributed by atoms with Crippen molar-refractivity contribution < 1.29 is 9.47 Å². The van der Waals surface area contributed by atoms with Crippen LogP contribution < -0.4 is 20.1 Å². The standard InChI is InChI=1S/C14H21N3O2/c1-5-8-16-14(15-2)17-10-11-6-7-12(18-3)9-13(11)19-4/h5-7,9H,1,8,10H2,2-4H3,(H2,15,16,17). The summed E-state index contributed by atoms with van der Waals surface area (Å²) < 4.78 is 10.5. The van der Waals surface area contributed by atoms with Crippen LogP contribution in [0.3, 0.4) is 0 Å². The summed E-state index contributed by atoms with van der Waals surface area (Å²) in [5, 5.41) is 6.31. The lowest BCUT2D eigenvalue weighted by molar-refractivity contribution is 0.390. The quantitative estimate of drug-likeness (QED) is 0.464. The molecule has 104 valence electrons. The van der Waals surface area contributed by atoms with Crippen molar-refractivity contribution in [2.75, 3.05) is 27.8 Å². The van der Waals surface area contributed by atoms with Crippen molar-refractivity contribution in [3.8, 4) is 11.5 Å². The van der Waals surface area contributed by atoms with E-state index in [1.807, 2.05) is 18.2 Å². The average Bonchev–Trinajstić information content (AvgIpc) is 2.47. The monoisotopic (exact) mass is 263 g/mol. The predicted molar refractivity (Wildman–Crippen MR) is 77.9 cm³/mol. The molecular formula is C14H21N3O2. The van der Waals surface area contributed by atoms with Crippen molar-refractivity contribution in [3.63, 3.8) is 0 Å². The summed E-state index contributed by atoms with van der Waals surface area (Å²) in [6.45, 7) is 4.93. The first kappa shape index (κ1) is 14.9. The molecule has 0 spiro atoms. The summed E-state index contributed by atoms with van der Waals surface area (Å²) in [6, 6.07) is 5.72. The van der Waals surface area contributed by atoms with E-state index < -0.39 is 0 Å². The van der Waals surface area contributed by atoms with Crippen LogP contribution in [0.2, 0.25) is 0 Å². The third-order valence-corrected chi connectivity index (χ3v) is 2.58. The lowest BCUT2D eigenvalue weighted by atomic mass is 10.2. The average molecular weight is 263 g/mol. The lowest BCUT2D eigenvalue weighted by Gasteiger charge is -2.13. The van der Waals surface area contributed by atoms with Gasteiger partial charge in [0, 0.05) is 31.8 Å². The Bertz CT molecular complexity index is 444. The van der Waals surface area contributed by atoms with E-state index in [2.05, 4.69) is 22.2 Å². The number of benzene rings is 1. The summed E-state index contributed by atoms with van der Waals surface area (Å²) >= 11 is 0. The van der Waals surface area contributed by atoms with Gasteiger partial charge in [-0.1, -0.05) is 6.08 Å². The van der Waals surface area contributed by atoms with Crippen molar-refractivity contribution in [1.82, 2.24) is 10.6 Å². The first-order valence-corrected chi connectivity index (χ1v) is 6.01. The molecule has 0 aliphatic heterocycles. The minimum atomic E-state index is 0.615. The third-order valence-electron chi connectivity index (χ3n) is 2.58. The number of methoxy groups -OCH3 is 2. The van der Waals surface area contributed by atoms with Gasteiger partial charge >= 0.3 is 0 Å². The van der Waals surface area contributed by atoms with E-state index in [-0.39, 0.29) is 0 Å². The molecule has 19 heavy (non-hydrogen) atoms. The van der Waals surface area contributed by atoms with Crippen LogP contribution in [0.25, 0.3) is 0 Å². The number of hydrogen-bond acceptors (Lipinski definition) is 3. The molecule has 5 nitrogen and oxygen atoms in total. The molecule has 0 heterocycles. The second-order valence-electron chi connectivity index (χ2n) is 3.77. The van der Waals surface area contributed by atoms with Gasteiger partial charge in [-0.05, 0) is 12.1 Å². The highest BCUT2D eigenvalue weighted by Crippen LogP contribution is 2.24. The van der Waals surface area contributed by atoms with Gasteiger partial charge in [0.2, 0.25) is 0 Å². The van der Waals surface area contributed by atoms with Crippen LogP contribution in [0, 0.1) is 0 Å². The summed E-state index contributed by atoms with van der Waals surface area (Å²) in [5.41, 5.74) is 1.03. The van der Waals surface area contributed by atoms with Crippen LogP contribution in [0.4, 0.5) is 0 Å². The maximum atomic E-state index is 5.34. The smallest absolute Gasteiger partial charge is 0.191 e. The zero-order valence-electron chi connectivity index (χ0n) is 11.7. The Hall–Kier alpha value is -2.17. The van der Waals surface area contributed by atoms with Crippen LogP contribution in [-0.4, -0.2) is 33.8 Å². The molecule has 0 fully saturated rings. The Morgan fingerprint density at radius 3 is 2.68 bits per heavy atom. The first-order valence-electron chi connectivity index (χ1n) is 6.01. The summed E-state index contributed by atoms with van der Waals surface area (Å²) in [4.78, 5) is 4.11. The summed E-state index contributed by atoms with van der Waals surface area (Å²) in [7, 11) is 5.00. The number of nitrogens with zero attached hydrogens (tertiary/aromatic N) is 1.